The van der Waals surface area contributed by atoms with Crippen LogP contribution in [0.4, 0.5) is 4.79 Å². The van der Waals surface area contributed by atoms with Gasteiger partial charge in [0.15, 0.2) is 17.8 Å². The van der Waals surface area contributed by atoms with Crippen molar-refractivity contribution in [1.82, 2.24) is 5.32 Å². The molecule has 1 aliphatic heterocycles. The van der Waals surface area contributed by atoms with E-state index in [1.165, 1.54) is 19.2 Å². The molecule has 214 valence electrons. The van der Waals surface area contributed by atoms with Gasteiger partial charge >= 0.3 is 17.7 Å². The van der Waals surface area contributed by atoms with Crippen LogP contribution in [0.1, 0.15) is 62.4 Å². The first-order chi connectivity index (χ1) is 18.5. The number of aryl methyl sites for hydroxylation is 1. The number of fused-ring (bicyclic) bond motifs is 1. The van der Waals surface area contributed by atoms with Crippen LogP contribution in [0.2, 0.25) is 0 Å². The van der Waals surface area contributed by atoms with E-state index in [1.54, 1.807) is 27.7 Å². The van der Waals surface area contributed by atoms with Crippen molar-refractivity contribution < 1.29 is 47.9 Å². The monoisotopic (exact) mass is 549 g/mol. The average Bonchev–Trinajstić information content (AvgIpc) is 3.37. The molecule has 0 spiro atoms. The number of aromatic hydroxyl groups is 1. The second-order valence-corrected chi connectivity index (χ2v) is 10.2. The van der Waals surface area contributed by atoms with E-state index in [0.29, 0.717) is 5.56 Å². The van der Waals surface area contributed by atoms with Gasteiger partial charge in [0.2, 0.25) is 6.29 Å². The molecule has 1 amide bonds. The zero-order valence-electron chi connectivity index (χ0n) is 22.6. The van der Waals surface area contributed by atoms with Crippen molar-refractivity contribution in [2.24, 2.45) is 0 Å². The van der Waals surface area contributed by atoms with Crippen LogP contribution in [-0.4, -0.2) is 72.2 Å². The first kappa shape index (κ1) is 28.7. The molecule has 2 aliphatic rings. The lowest BCUT2D eigenvalue weighted by Crippen LogP contribution is -2.65. The van der Waals surface area contributed by atoms with Crippen molar-refractivity contribution in [3.05, 3.63) is 33.7 Å². The van der Waals surface area contributed by atoms with Crippen LogP contribution in [0.25, 0.3) is 11.0 Å². The van der Waals surface area contributed by atoms with Gasteiger partial charge in [0.25, 0.3) is 0 Å². The van der Waals surface area contributed by atoms with E-state index in [2.05, 4.69) is 5.32 Å². The molecular weight excluding hydrogens is 514 g/mol. The Labute approximate surface area is 225 Å². The largest absolute Gasteiger partial charge is 0.506 e. The maximum Gasteiger partial charge on any atom is 0.407 e. The van der Waals surface area contributed by atoms with Crippen LogP contribution >= 0.6 is 0 Å². The first-order valence-electron chi connectivity index (χ1n) is 13.0. The summed E-state index contributed by atoms with van der Waals surface area (Å²) in [5.41, 5.74) is -2.44. The van der Waals surface area contributed by atoms with E-state index in [4.69, 9.17) is 28.1 Å². The van der Waals surface area contributed by atoms with Gasteiger partial charge < -0.3 is 43.6 Å². The second kappa shape index (κ2) is 11.4. The second-order valence-electron chi connectivity index (χ2n) is 10.2. The van der Waals surface area contributed by atoms with E-state index in [-0.39, 0.29) is 29.4 Å². The molecule has 12 nitrogen and oxygen atoms in total. The van der Waals surface area contributed by atoms with Crippen LogP contribution in [0.3, 0.4) is 0 Å². The lowest BCUT2D eigenvalue weighted by molar-refractivity contribution is -0.305. The molecule has 39 heavy (non-hydrogen) atoms. The predicted octanol–water partition coefficient (Wildman–Crippen LogP) is 2.91. The molecule has 2 aromatic rings. The molecule has 2 heterocycles. The minimum Gasteiger partial charge on any atom is -0.506 e. The van der Waals surface area contributed by atoms with Gasteiger partial charge in [-0.1, -0.05) is 12.8 Å². The molecule has 2 fully saturated rings. The summed E-state index contributed by atoms with van der Waals surface area (Å²) >= 11 is 0. The number of hydrogen-bond donors (Lipinski definition) is 3. The number of benzene rings is 1. The van der Waals surface area contributed by atoms with Crippen molar-refractivity contribution in [3.8, 4) is 11.5 Å². The van der Waals surface area contributed by atoms with Crippen molar-refractivity contribution >= 4 is 23.0 Å². The molecule has 3 N–H and O–H groups in total. The molecular formula is C27H35NO11. The van der Waals surface area contributed by atoms with Gasteiger partial charge in [0, 0.05) is 18.7 Å². The van der Waals surface area contributed by atoms with E-state index >= 15 is 0 Å². The summed E-state index contributed by atoms with van der Waals surface area (Å²) in [4.78, 5) is 37.3. The Morgan fingerprint density at radius 1 is 1.21 bits per heavy atom. The highest BCUT2D eigenvalue weighted by Crippen LogP contribution is 2.37. The zero-order valence-corrected chi connectivity index (χ0v) is 22.6. The van der Waals surface area contributed by atoms with Crippen LogP contribution in [-0.2, 0) is 18.9 Å². The molecule has 4 rings (SSSR count). The molecule has 1 saturated carbocycles. The van der Waals surface area contributed by atoms with Crippen LogP contribution in [0.15, 0.2) is 21.3 Å². The normalized spacial score (nSPS) is 24.9. The molecule has 1 aromatic carbocycles. The third-order valence-corrected chi connectivity index (χ3v) is 7.16. The Hall–Kier alpha value is -3.35. The number of alkyl carbamates (subject to hydrolysis) is 1. The molecule has 0 radical (unpaired) electrons. The number of amides is 1. The van der Waals surface area contributed by atoms with E-state index < -0.39 is 59.2 Å². The number of ether oxygens (including phenoxy) is 5. The smallest absolute Gasteiger partial charge is 0.407 e. The minimum atomic E-state index is -1.45. The van der Waals surface area contributed by atoms with E-state index in [9.17, 15) is 24.6 Å². The number of methoxy groups -OCH3 is 1. The highest BCUT2D eigenvalue weighted by molar-refractivity contribution is 5.99. The van der Waals surface area contributed by atoms with E-state index in [1.807, 2.05) is 0 Å². The Bertz CT molecular complexity index is 1280. The Balaban J connectivity index is 1.61. The maximum absolute atomic E-state index is 12.7. The first-order valence-corrected chi connectivity index (χ1v) is 13.0. The van der Waals surface area contributed by atoms with Gasteiger partial charge in [-0.25, -0.2) is 14.4 Å². The van der Waals surface area contributed by atoms with Gasteiger partial charge in [-0.3, -0.25) is 0 Å². The fourth-order valence-electron chi connectivity index (χ4n) is 5.21. The van der Waals surface area contributed by atoms with Crippen LogP contribution < -0.4 is 15.7 Å². The summed E-state index contributed by atoms with van der Waals surface area (Å²) in [6, 6.07) is 2.90. The number of rotatable bonds is 7. The van der Waals surface area contributed by atoms with Gasteiger partial charge in [-0.15, -0.1) is 0 Å². The lowest BCUT2D eigenvalue weighted by Gasteiger charge is -2.47. The topological polar surface area (TPSA) is 163 Å². The van der Waals surface area contributed by atoms with Crippen molar-refractivity contribution in [3.63, 3.8) is 0 Å². The third-order valence-electron chi connectivity index (χ3n) is 7.16. The Morgan fingerprint density at radius 2 is 1.90 bits per heavy atom. The molecule has 1 aliphatic carbocycles. The molecule has 1 saturated heterocycles. The van der Waals surface area contributed by atoms with Crippen LogP contribution in [0.5, 0.6) is 11.5 Å². The Morgan fingerprint density at radius 3 is 2.54 bits per heavy atom. The predicted molar refractivity (Wildman–Crippen MR) is 137 cm³/mol. The minimum absolute atomic E-state index is 0.0124. The maximum atomic E-state index is 12.7. The number of esters is 1. The number of carbonyl (C=O) groups is 2. The van der Waals surface area contributed by atoms with Gasteiger partial charge in [0.1, 0.15) is 23.2 Å². The third kappa shape index (κ3) is 5.68. The lowest BCUT2D eigenvalue weighted by atomic mass is 9.89. The molecule has 4 atom stereocenters. The number of aliphatic hydroxyl groups is 1. The summed E-state index contributed by atoms with van der Waals surface area (Å²) in [5.74, 6) is -1.41. The molecule has 12 heteroatoms. The molecule has 0 bridgehead atoms. The summed E-state index contributed by atoms with van der Waals surface area (Å²) in [6.45, 7) is 6.59. The summed E-state index contributed by atoms with van der Waals surface area (Å²) in [7, 11) is 1.43. The van der Waals surface area contributed by atoms with Crippen molar-refractivity contribution in [1.29, 1.82) is 0 Å². The highest BCUT2D eigenvalue weighted by atomic mass is 16.7. The fraction of sp³-hybridized carbons (Fsp3) is 0.593. The zero-order chi connectivity index (χ0) is 28.5. The average molecular weight is 550 g/mol. The Kier molecular flexibility index (Phi) is 8.38. The van der Waals surface area contributed by atoms with Crippen molar-refractivity contribution in [2.75, 3.05) is 13.7 Å². The van der Waals surface area contributed by atoms with Gasteiger partial charge in [-0.05, 0) is 52.7 Å². The number of hydrogen-bond acceptors (Lipinski definition) is 11. The number of carbonyl (C=O) groups excluding carboxylic acids is 2. The summed E-state index contributed by atoms with van der Waals surface area (Å²) in [5, 5.41) is 24.7. The van der Waals surface area contributed by atoms with Gasteiger partial charge in [0.05, 0.1) is 17.6 Å². The molecule has 1 aromatic heterocycles. The standard InChI is InChI=1S/C27H35NO11/c1-6-35-23(31)17-18(29)15-11-12-16(13(2)20(15)37-24(17)32)36-25-19(30)21(22(34-5)27(3,4)39-25)38-26(33)28-14-9-7-8-10-14/h11-12,14,19,21-22,25,29-30H,6-10H2,1-5H3,(H,28,33)/t19-,21+,22-,25-/m1/s1. The SMILES string of the molecule is CCOC(=O)c1c(O)c2ccc(O[C@@H]3OC(C)(C)[C@H](OC)[C@@H](OC(=O)NC4CCCC4)[C@H]3O)c(C)c2oc1=O. The van der Waals surface area contributed by atoms with Crippen molar-refractivity contribution in [2.45, 2.75) is 89.6 Å². The summed E-state index contributed by atoms with van der Waals surface area (Å²) in [6.07, 6.45) is -1.56. The van der Waals surface area contributed by atoms with Gasteiger partial charge in [-0.2, -0.15) is 0 Å². The highest BCUT2D eigenvalue weighted by Gasteiger charge is 2.53. The number of aliphatic hydroxyl groups excluding tert-OH is 1. The van der Waals surface area contributed by atoms with E-state index in [0.717, 1.165) is 25.7 Å². The number of nitrogens with one attached hydrogen (secondary N) is 1. The summed E-state index contributed by atoms with van der Waals surface area (Å²) < 4.78 is 33.4. The molecule has 0 unspecified atom stereocenters. The van der Waals surface area contributed by atoms with Crippen LogP contribution in [0, 0.1) is 6.92 Å². The quantitative estimate of drug-likeness (QED) is 0.344. The fourth-order valence-corrected chi connectivity index (χ4v) is 5.21.